The molecule has 0 fully saturated rings. The first kappa shape index (κ1) is 25.6. The van der Waals surface area contributed by atoms with E-state index in [9.17, 15) is 19.7 Å². The molecule has 178 valence electrons. The summed E-state index contributed by atoms with van der Waals surface area (Å²) < 4.78 is 10.6. The lowest BCUT2D eigenvalue weighted by atomic mass is 10.1. The molecule has 2 rings (SSSR count). The van der Waals surface area contributed by atoms with Gasteiger partial charge in [0.05, 0.1) is 12.0 Å². The number of hydrogen-bond acceptors (Lipinski definition) is 6. The number of methoxy groups -OCH3 is 1. The second-order valence-corrected chi connectivity index (χ2v) is 7.88. The van der Waals surface area contributed by atoms with Crippen LogP contribution in [0, 0.1) is 17.0 Å². The van der Waals surface area contributed by atoms with Crippen LogP contribution in [0.15, 0.2) is 42.5 Å². The Kier molecular flexibility index (Phi) is 9.20. The Morgan fingerprint density at radius 1 is 1.15 bits per heavy atom. The van der Waals surface area contributed by atoms with Crippen LogP contribution < -0.4 is 14.8 Å². The smallest absolute Gasteiger partial charge is 0.311 e. The maximum absolute atomic E-state index is 13.1. The molecule has 33 heavy (non-hydrogen) atoms. The summed E-state index contributed by atoms with van der Waals surface area (Å²) in [6, 6.07) is 11.0. The van der Waals surface area contributed by atoms with E-state index in [0.717, 1.165) is 17.5 Å². The van der Waals surface area contributed by atoms with E-state index in [4.69, 9.17) is 9.47 Å². The quantitative estimate of drug-likeness (QED) is 0.408. The maximum Gasteiger partial charge on any atom is 0.311 e. The highest BCUT2D eigenvalue weighted by Gasteiger charge is 2.27. The molecule has 2 atom stereocenters. The van der Waals surface area contributed by atoms with Crippen LogP contribution in [-0.4, -0.2) is 47.4 Å². The van der Waals surface area contributed by atoms with E-state index in [1.807, 2.05) is 45.0 Å². The number of carbonyl (C=O) groups is 2. The molecule has 0 radical (unpaired) electrons. The van der Waals surface area contributed by atoms with Crippen molar-refractivity contribution in [3.8, 4) is 11.5 Å². The highest BCUT2D eigenvalue weighted by molar-refractivity contribution is 5.88. The van der Waals surface area contributed by atoms with Crippen molar-refractivity contribution in [3.05, 3.63) is 63.7 Å². The third-order valence-corrected chi connectivity index (χ3v) is 5.35. The lowest BCUT2D eigenvalue weighted by Gasteiger charge is -2.29. The number of nitrogens with one attached hydrogen (secondary N) is 1. The van der Waals surface area contributed by atoms with Gasteiger partial charge in [-0.15, -0.1) is 0 Å². The van der Waals surface area contributed by atoms with Gasteiger partial charge in [-0.25, -0.2) is 0 Å². The zero-order chi connectivity index (χ0) is 24.5. The predicted molar refractivity (Wildman–Crippen MR) is 124 cm³/mol. The van der Waals surface area contributed by atoms with Crippen LogP contribution in [0.5, 0.6) is 11.5 Å². The van der Waals surface area contributed by atoms with Crippen LogP contribution in [0.4, 0.5) is 5.69 Å². The normalized spacial score (nSPS) is 12.4. The van der Waals surface area contributed by atoms with Crippen LogP contribution in [0.2, 0.25) is 0 Å². The number of amides is 2. The molecule has 2 aromatic rings. The van der Waals surface area contributed by atoms with E-state index in [2.05, 4.69) is 5.32 Å². The Morgan fingerprint density at radius 3 is 2.39 bits per heavy atom. The van der Waals surface area contributed by atoms with Crippen molar-refractivity contribution >= 4 is 17.5 Å². The molecule has 0 spiro atoms. The van der Waals surface area contributed by atoms with Crippen LogP contribution in [0.1, 0.15) is 38.3 Å². The molecule has 2 amide bonds. The molecule has 9 nitrogen and oxygen atoms in total. The molecular formula is C24H31N3O6. The molecular weight excluding hydrogens is 426 g/mol. The molecule has 9 heteroatoms. The van der Waals surface area contributed by atoms with Gasteiger partial charge in [-0.2, -0.15) is 0 Å². The van der Waals surface area contributed by atoms with Crippen LogP contribution in [0.25, 0.3) is 0 Å². The maximum atomic E-state index is 13.1. The van der Waals surface area contributed by atoms with Gasteiger partial charge in [-0.05, 0) is 38.8 Å². The highest BCUT2D eigenvalue weighted by atomic mass is 16.6. The third-order valence-electron chi connectivity index (χ3n) is 5.35. The molecule has 0 aromatic heterocycles. The molecule has 0 aliphatic rings. The first-order valence-corrected chi connectivity index (χ1v) is 10.8. The Labute approximate surface area is 193 Å². The summed E-state index contributed by atoms with van der Waals surface area (Å²) in [5.74, 6) is -0.359. The standard InChI is InChI=1S/C24H31N3O6/c1-6-17(3)25-24(29)18(4)26(14-19-9-7-16(2)8-10-19)23(28)15-33-20-11-12-21(27(30)31)22(13-20)32-5/h7-13,17-18H,6,14-15H2,1-5H3,(H,25,29)/t17-,18+/m1/s1. The molecule has 0 bridgehead atoms. The van der Waals surface area contributed by atoms with Gasteiger partial charge in [0.25, 0.3) is 5.91 Å². The molecule has 1 N–H and O–H groups in total. The molecule has 0 unspecified atom stereocenters. The molecule has 0 saturated heterocycles. The van der Waals surface area contributed by atoms with E-state index < -0.39 is 11.0 Å². The Hall–Kier alpha value is -3.62. The minimum atomic E-state index is -0.720. The van der Waals surface area contributed by atoms with E-state index in [0.29, 0.717) is 0 Å². The number of hydrogen-bond donors (Lipinski definition) is 1. The van der Waals surface area contributed by atoms with Crippen molar-refractivity contribution in [2.75, 3.05) is 13.7 Å². The molecule has 0 heterocycles. The molecule has 2 aromatic carbocycles. The number of aryl methyl sites for hydroxylation is 1. The Balaban J connectivity index is 2.19. The van der Waals surface area contributed by atoms with Gasteiger partial charge in [0.1, 0.15) is 11.8 Å². The van der Waals surface area contributed by atoms with Gasteiger partial charge in [0.2, 0.25) is 11.7 Å². The summed E-state index contributed by atoms with van der Waals surface area (Å²) >= 11 is 0. The van der Waals surface area contributed by atoms with Crippen molar-refractivity contribution in [3.63, 3.8) is 0 Å². The number of carbonyl (C=O) groups excluding carboxylic acids is 2. The van der Waals surface area contributed by atoms with Gasteiger partial charge in [-0.3, -0.25) is 19.7 Å². The van der Waals surface area contributed by atoms with E-state index in [-0.39, 0.29) is 48.2 Å². The zero-order valence-corrected chi connectivity index (χ0v) is 19.7. The first-order valence-electron chi connectivity index (χ1n) is 10.8. The fourth-order valence-electron chi connectivity index (χ4n) is 3.06. The van der Waals surface area contributed by atoms with Gasteiger partial charge in [0.15, 0.2) is 6.61 Å². The Morgan fingerprint density at radius 2 is 1.82 bits per heavy atom. The van der Waals surface area contributed by atoms with E-state index in [1.54, 1.807) is 6.92 Å². The van der Waals surface area contributed by atoms with Crippen LogP contribution in [-0.2, 0) is 16.1 Å². The largest absolute Gasteiger partial charge is 0.490 e. The van der Waals surface area contributed by atoms with E-state index in [1.165, 1.54) is 30.2 Å². The monoisotopic (exact) mass is 457 g/mol. The van der Waals surface area contributed by atoms with E-state index >= 15 is 0 Å². The molecule has 0 aliphatic carbocycles. The minimum absolute atomic E-state index is 0.0138. The van der Waals surface area contributed by atoms with Gasteiger partial charge < -0.3 is 19.7 Å². The van der Waals surface area contributed by atoms with Crippen molar-refractivity contribution in [1.29, 1.82) is 0 Å². The summed E-state index contributed by atoms with van der Waals surface area (Å²) in [5.41, 5.74) is 1.77. The molecule has 0 saturated carbocycles. The highest BCUT2D eigenvalue weighted by Crippen LogP contribution is 2.30. The number of ether oxygens (including phenoxy) is 2. The number of nitro groups is 1. The summed E-state index contributed by atoms with van der Waals surface area (Å²) in [6.45, 7) is 7.42. The summed E-state index contributed by atoms with van der Waals surface area (Å²) in [4.78, 5) is 37.8. The van der Waals surface area contributed by atoms with Crippen LogP contribution in [0.3, 0.4) is 0 Å². The number of nitro benzene ring substituents is 1. The second kappa shape index (κ2) is 11.8. The topological polar surface area (TPSA) is 111 Å². The van der Waals surface area contributed by atoms with Gasteiger partial charge >= 0.3 is 5.69 Å². The minimum Gasteiger partial charge on any atom is -0.490 e. The Bertz CT molecular complexity index is 977. The van der Waals surface area contributed by atoms with Crippen molar-refractivity contribution in [1.82, 2.24) is 10.2 Å². The average Bonchev–Trinajstić information content (AvgIpc) is 2.81. The summed E-state index contributed by atoms with van der Waals surface area (Å²) in [6.07, 6.45) is 0.773. The number of nitrogens with zero attached hydrogens (tertiary/aromatic N) is 2. The summed E-state index contributed by atoms with van der Waals surface area (Å²) in [5, 5.41) is 14.0. The average molecular weight is 458 g/mol. The lowest BCUT2D eigenvalue weighted by Crippen LogP contribution is -2.50. The zero-order valence-electron chi connectivity index (χ0n) is 19.7. The molecule has 0 aliphatic heterocycles. The fourth-order valence-corrected chi connectivity index (χ4v) is 3.06. The van der Waals surface area contributed by atoms with Gasteiger partial charge in [-0.1, -0.05) is 36.8 Å². The fraction of sp³-hybridized carbons (Fsp3) is 0.417. The summed E-state index contributed by atoms with van der Waals surface area (Å²) in [7, 11) is 1.32. The predicted octanol–water partition coefficient (Wildman–Crippen LogP) is 3.62. The van der Waals surface area contributed by atoms with Crippen molar-refractivity contribution < 1.29 is 24.0 Å². The van der Waals surface area contributed by atoms with Gasteiger partial charge in [0, 0.05) is 24.7 Å². The first-order chi connectivity index (χ1) is 15.7. The van der Waals surface area contributed by atoms with Crippen molar-refractivity contribution in [2.24, 2.45) is 0 Å². The number of rotatable bonds is 11. The number of benzene rings is 2. The SMILES string of the molecule is CC[C@@H](C)NC(=O)[C@H](C)N(Cc1ccc(C)cc1)C(=O)COc1ccc([N+](=O)[O-])c(OC)c1. The third kappa shape index (κ3) is 7.20. The second-order valence-electron chi connectivity index (χ2n) is 7.88. The lowest BCUT2D eigenvalue weighted by molar-refractivity contribution is -0.385. The van der Waals surface area contributed by atoms with Crippen molar-refractivity contribution in [2.45, 2.75) is 52.7 Å². The van der Waals surface area contributed by atoms with Crippen LogP contribution >= 0.6 is 0 Å².